The number of halogens is 3. The Bertz CT molecular complexity index is 901. The van der Waals surface area contributed by atoms with Crippen LogP contribution in [0.5, 0.6) is 0 Å². The quantitative estimate of drug-likeness (QED) is 0.682. The zero-order valence-corrected chi connectivity index (χ0v) is 18.0. The molecule has 1 aliphatic heterocycles. The number of hydrogen-bond donors (Lipinski definition) is 1. The highest BCUT2D eigenvalue weighted by Gasteiger charge is 2.33. The van der Waals surface area contributed by atoms with Crippen molar-refractivity contribution in [2.75, 3.05) is 44.3 Å². The second kappa shape index (κ2) is 9.84. The molecule has 1 fully saturated rings. The average molecular weight is 458 g/mol. The molecule has 3 rings (SSSR count). The summed E-state index contributed by atoms with van der Waals surface area (Å²) in [6.07, 6.45) is -1.88. The van der Waals surface area contributed by atoms with Crippen LogP contribution in [0.3, 0.4) is 0 Å². The molecule has 0 aliphatic carbocycles. The molecule has 5 nitrogen and oxygen atoms in total. The number of rotatable bonds is 5. The van der Waals surface area contributed by atoms with Crippen molar-refractivity contribution in [2.45, 2.75) is 16.8 Å². The first-order chi connectivity index (χ1) is 14.3. The van der Waals surface area contributed by atoms with E-state index in [9.17, 15) is 22.8 Å². The Kier molecular flexibility index (Phi) is 7.43. The lowest BCUT2D eigenvalue weighted by molar-refractivity contribution is -0.137. The van der Waals surface area contributed by atoms with E-state index >= 15 is 0 Å². The third-order valence-electron chi connectivity index (χ3n) is 4.74. The number of alkyl halides is 3. The molecule has 0 spiro atoms. The number of thioether (sulfide) groups is 1. The first kappa shape index (κ1) is 22.6. The Labute approximate surface area is 181 Å². The molecule has 1 aromatic heterocycles. The minimum atomic E-state index is -4.54. The van der Waals surface area contributed by atoms with Gasteiger partial charge in [0, 0.05) is 26.2 Å². The van der Waals surface area contributed by atoms with Crippen LogP contribution < -0.4 is 5.32 Å². The monoisotopic (exact) mass is 457 g/mol. The molecule has 10 heteroatoms. The van der Waals surface area contributed by atoms with Crippen LogP contribution in [0.15, 0.2) is 40.6 Å². The lowest BCUT2D eigenvalue weighted by atomic mass is 10.1. The number of para-hydroxylation sites is 1. The minimum absolute atomic E-state index is 0.0225. The van der Waals surface area contributed by atoms with Gasteiger partial charge in [0.05, 0.1) is 26.9 Å². The van der Waals surface area contributed by atoms with Gasteiger partial charge in [0.1, 0.15) is 0 Å². The fraction of sp³-hybridized carbons (Fsp3) is 0.400. The lowest BCUT2D eigenvalue weighted by Gasteiger charge is -2.21. The molecule has 30 heavy (non-hydrogen) atoms. The van der Waals surface area contributed by atoms with Gasteiger partial charge in [0.2, 0.25) is 5.91 Å². The van der Waals surface area contributed by atoms with E-state index < -0.39 is 17.6 Å². The van der Waals surface area contributed by atoms with Crippen LogP contribution in [0.1, 0.15) is 21.7 Å². The molecule has 1 aliphatic rings. The molecule has 1 saturated heterocycles. The summed E-state index contributed by atoms with van der Waals surface area (Å²) in [5, 5.41) is 2.37. The molecular formula is C20H22F3N3O2S2. The number of nitrogens with one attached hydrogen (secondary N) is 1. The van der Waals surface area contributed by atoms with Gasteiger partial charge in [-0.15, -0.1) is 23.1 Å². The number of nitrogens with zero attached hydrogens (tertiary/aromatic N) is 2. The molecule has 2 aromatic rings. The van der Waals surface area contributed by atoms with Gasteiger partial charge in [-0.05, 0) is 36.9 Å². The molecule has 1 N–H and O–H groups in total. The predicted octanol–water partition coefficient (Wildman–Crippen LogP) is 4.28. The van der Waals surface area contributed by atoms with E-state index in [0.717, 1.165) is 10.3 Å². The van der Waals surface area contributed by atoms with Crippen LogP contribution in [-0.2, 0) is 11.0 Å². The van der Waals surface area contributed by atoms with E-state index in [4.69, 9.17) is 0 Å². The number of anilines is 1. The third-order valence-corrected chi connectivity index (χ3v) is 6.90. The maximum Gasteiger partial charge on any atom is 0.418 e. The fourth-order valence-corrected chi connectivity index (χ4v) is 4.78. The fourth-order valence-electron chi connectivity index (χ4n) is 3.26. The van der Waals surface area contributed by atoms with Gasteiger partial charge < -0.3 is 10.2 Å². The highest BCUT2D eigenvalue weighted by molar-refractivity contribution is 8.00. The van der Waals surface area contributed by atoms with Crippen molar-refractivity contribution in [3.05, 3.63) is 46.8 Å². The van der Waals surface area contributed by atoms with Gasteiger partial charge in [0.15, 0.2) is 0 Å². The number of hydrogen-bond acceptors (Lipinski definition) is 5. The Morgan fingerprint density at radius 1 is 1.10 bits per heavy atom. The van der Waals surface area contributed by atoms with Crippen LogP contribution >= 0.6 is 23.1 Å². The molecule has 0 atom stereocenters. The van der Waals surface area contributed by atoms with Crippen LogP contribution in [0.4, 0.5) is 18.9 Å². The van der Waals surface area contributed by atoms with Crippen molar-refractivity contribution in [1.29, 1.82) is 0 Å². The van der Waals surface area contributed by atoms with Crippen LogP contribution in [0.2, 0.25) is 0 Å². The van der Waals surface area contributed by atoms with Crippen LogP contribution in [0, 0.1) is 0 Å². The van der Waals surface area contributed by atoms with Gasteiger partial charge in [-0.2, -0.15) is 13.2 Å². The summed E-state index contributed by atoms with van der Waals surface area (Å²) in [5.74, 6) is -0.528. The topological polar surface area (TPSA) is 52.7 Å². The maximum atomic E-state index is 13.1. The molecular weight excluding hydrogens is 435 g/mol. The molecule has 1 aromatic carbocycles. The largest absolute Gasteiger partial charge is 0.418 e. The average Bonchev–Trinajstić information content (AvgIpc) is 3.07. The Hall–Kier alpha value is -2.04. The number of carbonyl (C=O) groups excluding carboxylic acids is 2. The zero-order chi connectivity index (χ0) is 21.7. The van der Waals surface area contributed by atoms with Crippen molar-refractivity contribution in [3.63, 3.8) is 0 Å². The van der Waals surface area contributed by atoms with Gasteiger partial charge >= 0.3 is 6.18 Å². The smallest absolute Gasteiger partial charge is 0.337 e. The Morgan fingerprint density at radius 2 is 1.87 bits per heavy atom. The molecule has 0 unspecified atom stereocenters. The summed E-state index contributed by atoms with van der Waals surface area (Å²) in [5.41, 5.74) is -1.12. The zero-order valence-electron chi connectivity index (χ0n) is 16.4. The summed E-state index contributed by atoms with van der Waals surface area (Å²) in [4.78, 5) is 29.4. The second-order valence-corrected chi connectivity index (χ2v) is 9.03. The maximum absolute atomic E-state index is 13.1. The number of benzene rings is 1. The highest BCUT2D eigenvalue weighted by Crippen LogP contribution is 2.34. The second-order valence-electron chi connectivity index (χ2n) is 6.84. The summed E-state index contributed by atoms with van der Waals surface area (Å²) in [7, 11) is 0. The summed E-state index contributed by atoms with van der Waals surface area (Å²) < 4.78 is 40.4. The van der Waals surface area contributed by atoms with E-state index in [0.29, 0.717) is 37.5 Å². The molecule has 0 saturated carbocycles. The van der Waals surface area contributed by atoms with Gasteiger partial charge in [0.25, 0.3) is 5.91 Å². The normalized spacial score (nSPS) is 15.7. The highest BCUT2D eigenvalue weighted by atomic mass is 32.2. The standard InChI is InChI=1S/C20H22F3N3O2S2/c1-29-18-8-7-16(30-18)19(28)26-10-4-9-25(11-12-26)13-17(27)24-15-6-3-2-5-14(15)20(21,22)23/h2-3,5-8H,4,9-13H2,1H3,(H,24,27). The van der Waals surface area contributed by atoms with E-state index in [-0.39, 0.29) is 18.1 Å². The minimum Gasteiger partial charge on any atom is -0.337 e. The third kappa shape index (κ3) is 5.77. The Morgan fingerprint density at radius 3 is 2.57 bits per heavy atom. The molecule has 0 bridgehead atoms. The number of carbonyl (C=O) groups is 2. The van der Waals surface area contributed by atoms with E-state index in [1.807, 2.05) is 23.3 Å². The van der Waals surface area contributed by atoms with Gasteiger partial charge in [-0.3, -0.25) is 14.5 Å². The van der Waals surface area contributed by atoms with E-state index in [1.165, 1.54) is 29.5 Å². The number of thiophene rings is 1. The lowest BCUT2D eigenvalue weighted by Crippen LogP contribution is -2.38. The van der Waals surface area contributed by atoms with E-state index in [2.05, 4.69) is 5.32 Å². The van der Waals surface area contributed by atoms with Gasteiger partial charge in [-0.25, -0.2) is 0 Å². The molecule has 2 heterocycles. The van der Waals surface area contributed by atoms with Crippen molar-refractivity contribution in [3.8, 4) is 0 Å². The SMILES string of the molecule is CSc1ccc(C(=O)N2CCCN(CC(=O)Nc3ccccc3C(F)(F)F)CC2)s1. The summed E-state index contributed by atoms with van der Waals surface area (Å²) >= 11 is 3.05. The first-order valence-electron chi connectivity index (χ1n) is 9.39. The number of amides is 2. The van der Waals surface area contributed by atoms with Crippen LogP contribution in [-0.4, -0.2) is 60.6 Å². The van der Waals surface area contributed by atoms with Crippen molar-refractivity contribution < 1.29 is 22.8 Å². The van der Waals surface area contributed by atoms with Crippen molar-refractivity contribution in [1.82, 2.24) is 9.80 Å². The molecule has 162 valence electrons. The van der Waals surface area contributed by atoms with Crippen LogP contribution in [0.25, 0.3) is 0 Å². The van der Waals surface area contributed by atoms with Crippen molar-refractivity contribution in [2.24, 2.45) is 0 Å². The summed E-state index contributed by atoms with van der Waals surface area (Å²) in [6.45, 7) is 2.11. The van der Waals surface area contributed by atoms with Gasteiger partial charge in [-0.1, -0.05) is 12.1 Å². The van der Waals surface area contributed by atoms with E-state index in [1.54, 1.807) is 16.7 Å². The Balaban J connectivity index is 1.56. The summed E-state index contributed by atoms with van der Waals surface area (Å²) in [6, 6.07) is 8.68. The predicted molar refractivity (Wildman–Crippen MR) is 113 cm³/mol. The molecule has 0 radical (unpaired) electrons. The molecule has 2 amide bonds. The first-order valence-corrected chi connectivity index (χ1v) is 11.4. The van der Waals surface area contributed by atoms with Crippen molar-refractivity contribution >= 4 is 40.6 Å².